The molecule has 7 heteroatoms. The van der Waals surface area contributed by atoms with Crippen molar-refractivity contribution in [1.29, 1.82) is 10.5 Å². The predicted octanol–water partition coefficient (Wildman–Crippen LogP) is 2.04. The van der Waals surface area contributed by atoms with Gasteiger partial charge in [0.05, 0.1) is 25.0 Å². The molecule has 0 saturated carbocycles. The van der Waals surface area contributed by atoms with Crippen molar-refractivity contribution in [2.24, 2.45) is 0 Å². The maximum atomic E-state index is 13.0. The van der Waals surface area contributed by atoms with E-state index in [0.717, 1.165) is 6.08 Å². The van der Waals surface area contributed by atoms with E-state index in [1.165, 1.54) is 29.2 Å². The summed E-state index contributed by atoms with van der Waals surface area (Å²) in [5.41, 5.74) is 0.489. The summed E-state index contributed by atoms with van der Waals surface area (Å²) in [6, 6.07) is 9.48. The summed E-state index contributed by atoms with van der Waals surface area (Å²) < 4.78 is 17.8. The number of nitriles is 2. The molecule has 6 nitrogen and oxygen atoms in total. The molecule has 0 aliphatic carbocycles. The van der Waals surface area contributed by atoms with Crippen molar-refractivity contribution in [3.05, 3.63) is 41.7 Å². The Morgan fingerprint density at radius 1 is 1.21 bits per heavy atom. The third-order valence-electron chi connectivity index (χ3n) is 2.94. The Morgan fingerprint density at radius 2 is 1.88 bits per heavy atom. The summed E-state index contributed by atoms with van der Waals surface area (Å²) in [6.45, 7) is -0.134. The molecule has 0 fully saturated rings. The summed E-state index contributed by atoms with van der Waals surface area (Å²) >= 11 is 0. The summed E-state index contributed by atoms with van der Waals surface area (Å²) in [5, 5.41) is 17.1. The van der Waals surface area contributed by atoms with Crippen LogP contribution in [0.4, 0.5) is 4.39 Å². The summed E-state index contributed by atoms with van der Waals surface area (Å²) in [6.07, 6.45) is 2.73. The topological polar surface area (TPSA) is 94.2 Å². The molecule has 24 heavy (non-hydrogen) atoms. The van der Waals surface area contributed by atoms with Crippen LogP contribution in [0.5, 0.6) is 0 Å². The van der Waals surface area contributed by atoms with Gasteiger partial charge in [0.1, 0.15) is 5.82 Å². The number of nitrogens with zero attached hydrogens (tertiary/aromatic N) is 3. The molecule has 0 saturated heterocycles. The molecule has 0 heterocycles. The van der Waals surface area contributed by atoms with Crippen molar-refractivity contribution < 1.29 is 18.7 Å². The maximum Gasteiger partial charge on any atom is 0.331 e. The highest BCUT2D eigenvalue weighted by Crippen LogP contribution is 2.05. The van der Waals surface area contributed by atoms with Gasteiger partial charge >= 0.3 is 5.97 Å². The van der Waals surface area contributed by atoms with Crippen molar-refractivity contribution in [3.63, 3.8) is 0 Å². The number of esters is 1. The number of carbonyl (C=O) groups is 2. The standard InChI is InChI=1S/C17H16FN3O3/c18-15-5-1-4-14(12-15)6-7-17(23)24-13-16(22)21(10-2-8-19)11-3-9-20/h1,4-7,12H,2-3,10-11,13H2/b7-6+. The van der Waals surface area contributed by atoms with Crippen molar-refractivity contribution in [2.75, 3.05) is 19.7 Å². The molecule has 0 radical (unpaired) electrons. The fraction of sp³-hybridized carbons (Fsp3) is 0.294. The van der Waals surface area contributed by atoms with Crippen molar-refractivity contribution in [3.8, 4) is 12.1 Å². The molecule has 0 unspecified atom stereocenters. The first-order chi connectivity index (χ1) is 11.6. The van der Waals surface area contributed by atoms with Crippen LogP contribution in [0.25, 0.3) is 6.08 Å². The zero-order valence-electron chi connectivity index (χ0n) is 12.9. The molecule has 1 amide bonds. The smallest absolute Gasteiger partial charge is 0.331 e. The Labute approximate surface area is 139 Å². The Hall–Kier alpha value is -3.19. The lowest BCUT2D eigenvalue weighted by atomic mass is 10.2. The molecule has 0 aromatic heterocycles. The lowest BCUT2D eigenvalue weighted by Gasteiger charge is -2.19. The minimum absolute atomic E-state index is 0.130. The van der Waals surface area contributed by atoms with E-state index in [-0.39, 0.29) is 25.9 Å². The number of hydrogen-bond acceptors (Lipinski definition) is 5. The number of ether oxygens (including phenoxy) is 1. The fourth-order valence-electron chi connectivity index (χ4n) is 1.78. The maximum absolute atomic E-state index is 13.0. The van der Waals surface area contributed by atoms with Crippen LogP contribution in [0.1, 0.15) is 18.4 Å². The van der Waals surface area contributed by atoms with Crippen molar-refractivity contribution in [2.45, 2.75) is 12.8 Å². The zero-order valence-corrected chi connectivity index (χ0v) is 12.9. The van der Waals surface area contributed by atoms with Gasteiger partial charge < -0.3 is 9.64 Å². The second kappa shape index (κ2) is 10.5. The minimum atomic E-state index is -0.742. The van der Waals surface area contributed by atoms with Crippen LogP contribution in [0.2, 0.25) is 0 Å². The predicted molar refractivity (Wildman–Crippen MR) is 83.4 cm³/mol. The van der Waals surface area contributed by atoms with Crippen LogP contribution in [-0.2, 0) is 14.3 Å². The Balaban J connectivity index is 2.50. The van der Waals surface area contributed by atoms with Gasteiger partial charge in [-0.3, -0.25) is 4.79 Å². The lowest BCUT2D eigenvalue weighted by Crippen LogP contribution is -2.36. The van der Waals surface area contributed by atoms with E-state index in [2.05, 4.69) is 0 Å². The molecule has 0 aliphatic heterocycles. The lowest BCUT2D eigenvalue weighted by molar-refractivity contribution is -0.148. The largest absolute Gasteiger partial charge is 0.452 e. The second-order valence-electron chi connectivity index (χ2n) is 4.69. The van der Waals surface area contributed by atoms with E-state index in [0.29, 0.717) is 5.56 Å². The van der Waals surface area contributed by atoms with Crippen molar-refractivity contribution in [1.82, 2.24) is 4.90 Å². The molecule has 0 aliphatic rings. The third-order valence-corrected chi connectivity index (χ3v) is 2.94. The first-order valence-electron chi connectivity index (χ1n) is 7.19. The fourth-order valence-corrected chi connectivity index (χ4v) is 1.78. The number of benzene rings is 1. The third kappa shape index (κ3) is 7.19. The van der Waals surface area contributed by atoms with Gasteiger partial charge in [0, 0.05) is 19.2 Å². The van der Waals surface area contributed by atoms with E-state index in [1.807, 2.05) is 12.1 Å². The summed E-state index contributed by atoms with van der Waals surface area (Å²) in [4.78, 5) is 24.8. The summed E-state index contributed by atoms with van der Waals surface area (Å²) in [5.74, 6) is -1.65. The van der Waals surface area contributed by atoms with E-state index in [9.17, 15) is 14.0 Å². The van der Waals surface area contributed by atoms with E-state index in [1.54, 1.807) is 6.07 Å². The SMILES string of the molecule is N#CCCN(CCC#N)C(=O)COC(=O)/C=C/c1cccc(F)c1. The monoisotopic (exact) mass is 329 g/mol. The number of amides is 1. The number of rotatable bonds is 8. The van der Waals surface area contributed by atoms with Crippen LogP contribution in [0.3, 0.4) is 0 Å². The highest BCUT2D eigenvalue weighted by molar-refractivity contribution is 5.89. The van der Waals surface area contributed by atoms with Crippen molar-refractivity contribution >= 4 is 18.0 Å². The molecule has 1 aromatic carbocycles. The number of halogens is 1. The molecule has 0 bridgehead atoms. The Bertz CT molecular complexity index is 671. The van der Waals surface area contributed by atoms with Gasteiger partial charge in [-0.25, -0.2) is 9.18 Å². The highest BCUT2D eigenvalue weighted by atomic mass is 19.1. The Morgan fingerprint density at radius 3 is 2.46 bits per heavy atom. The van der Waals surface area contributed by atoms with E-state index in [4.69, 9.17) is 15.3 Å². The van der Waals surface area contributed by atoms with E-state index >= 15 is 0 Å². The van der Waals surface area contributed by atoms with Crippen LogP contribution >= 0.6 is 0 Å². The molecular weight excluding hydrogens is 313 g/mol. The second-order valence-corrected chi connectivity index (χ2v) is 4.69. The molecule has 1 rings (SSSR count). The summed E-state index contributed by atoms with van der Waals surface area (Å²) in [7, 11) is 0. The molecule has 124 valence electrons. The van der Waals surface area contributed by atoms with Gasteiger partial charge in [0.25, 0.3) is 5.91 Å². The molecule has 1 aromatic rings. The normalized spacial score (nSPS) is 9.96. The van der Waals surface area contributed by atoms with Gasteiger partial charge in [0.15, 0.2) is 6.61 Å². The number of carbonyl (C=O) groups excluding carboxylic acids is 2. The minimum Gasteiger partial charge on any atom is -0.452 e. The first kappa shape index (κ1) is 18.9. The van der Waals surface area contributed by atoms with Crippen LogP contribution in [0.15, 0.2) is 30.3 Å². The molecule has 0 N–H and O–H groups in total. The zero-order chi connectivity index (χ0) is 17.8. The Kier molecular flexibility index (Phi) is 8.27. The quantitative estimate of drug-likeness (QED) is 0.537. The van der Waals surface area contributed by atoms with Gasteiger partial charge in [-0.15, -0.1) is 0 Å². The van der Waals surface area contributed by atoms with Gasteiger partial charge in [-0.2, -0.15) is 10.5 Å². The van der Waals surface area contributed by atoms with E-state index < -0.39 is 24.3 Å². The van der Waals surface area contributed by atoms with Gasteiger partial charge in [-0.1, -0.05) is 12.1 Å². The molecule has 0 spiro atoms. The highest BCUT2D eigenvalue weighted by Gasteiger charge is 2.14. The van der Waals surface area contributed by atoms with Gasteiger partial charge in [-0.05, 0) is 23.8 Å². The molecule has 0 atom stereocenters. The van der Waals surface area contributed by atoms with Crippen LogP contribution in [0, 0.1) is 28.5 Å². The van der Waals surface area contributed by atoms with Crippen LogP contribution < -0.4 is 0 Å². The average molecular weight is 329 g/mol. The number of hydrogen-bond donors (Lipinski definition) is 0. The average Bonchev–Trinajstić information content (AvgIpc) is 2.58. The molecular formula is C17H16FN3O3. The van der Waals surface area contributed by atoms with Gasteiger partial charge in [0.2, 0.25) is 0 Å². The first-order valence-corrected chi connectivity index (χ1v) is 7.19. The van der Waals surface area contributed by atoms with Crippen LogP contribution in [-0.4, -0.2) is 36.5 Å².